The molecule has 1 saturated heterocycles. The highest BCUT2D eigenvalue weighted by Gasteiger charge is 2.39. The highest BCUT2D eigenvalue weighted by atomic mass is 19.4. The number of hydrogen-bond donors (Lipinski definition) is 0. The van der Waals surface area contributed by atoms with Crippen molar-refractivity contribution in [3.8, 4) is 0 Å². The molecule has 0 aromatic heterocycles. The summed E-state index contributed by atoms with van der Waals surface area (Å²) in [5, 5.41) is 0. The molecule has 1 aliphatic carbocycles. The molecule has 172 valence electrons. The van der Waals surface area contributed by atoms with Crippen LogP contribution in [0.5, 0.6) is 0 Å². The highest BCUT2D eigenvalue weighted by Crippen LogP contribution is 2.32. The molecule has 1 aliphatic heterocycles. The Bertz CT molecular complexity index is 748. The van der Waals surface area contributed by atoms with Gasteiger partial charge in [-0.1, -0.05) is 12.8 Å². The third kappa shape index (κ3) is 5.40. The minimum absolute atomic E-state index is 0.147. The van der Waals surface area contributed by atoms with E-state index < -0.39 is 11.7 Å². The van der Waals surface area contributed by atoms with Crippen LogP contribution >= 0.6 is 0 Å². The van der Waals surface area contributed by atoms with E-state index in [2.05, 4.69) is 4.90 Å². The summed E-state index contributed by atoms with van der Waals surface area (Å²) in [4.78, 5) is 31.8. The average molecular weight is 440 g/mol. The first-order valence-corrected chi connectivity index (χ1v) is 11.3. The van der Waals surface area contributed by atoms with Crippen molar-refractivity contribution < 1.29 is 22.8 Å². The molecular formula is C23H32F3N3O2. The van der Waals surface area contributed by atoms with E-state index in [1.165, 1.54) is 12.1 Å². The SMILES string of the molecule is CCN(CC)C(=O)C(C1CCCC1)N1CCN(C(=O)c2ccc(C(F)(F)F)cc2)CC1. The van der Waals surface area contributed by atoms with Crippen molar-refractivity contribution in [2.24, 2.45) is 5.92 Å². The fourth-order valence-corrected chi connectivity index (χ4v) is 4.84. The summed E-state index contributed by atoms with van der Waals surface area (Å²) in [5.74, 6) is 0.269. The predicted octanol–water partition coefficient (Wildman–Crippen LogP) is 3.89. The van der Waals surface area contributed by atoms with Crippen molar-refractivity contribution in [2.45, 2.75) is 51.7 Å². The summed E-state index contributed by atoms with van der Waals surface area (Å²) in [7, 11) is 0. The van der Waals surface area contributed by atoms with Crippen molar-refractivity contribution >= 4 is 11.8 Å². The minimum Gasteiger partial charge on any atom is -0.342 e. The minimum atomic E-state index is -4.42. The third-order valence-electron chi connectivity index (χ3n) is 6.63. The molecule has 2 amide bonds. The zero-order chi connectivity index (χ0) is 22.6. The molecule has 0 N–H and O–H groups in total. The van der Waals surface area contributed by atoms with E-state index in [-0.39, 0.29) is 23.4 Å². The lowest BCUT2D eigenvalue weighted by molar-refractivity contribution is -0.139. The van der Waals surface area contributed by atoms with E-state index in [1.807, 2.05) is 18.7 Å². The van der Waals surface area contributed by atoms with Gasteiger partial charge in [0.1, 0.15) is 0 Å². The number of carbonyl (C=O) groups excluding carboxylic acids is 2. The molecule has 1 heterocycles. The molecular weight excluding hydrogens is 407 g/mol. The van der Waals surface area contributed by atoms with Crippen LogP contribution in [0.1, 0.15) is 55.5 Å². The Labute approximate surface area is 182 Å². The number of alkyl halides is 3. The third-order valence-corrected chi connectivity index (χ3v) is 6.63. The smallest absolute Gasteiger partial charge is 0.342 e. The number of halogens is 3. The molecule has 1 aromatic rings. The van der Waals surface area contributed by atoms with Gasteiger partial charge in [-0.3, -0.25) is 14.5 Å². The quantitative estimate of drug-likeness (QED) is 0.676. The monoisotopic (exact) mass is 439 g/mol. The topological polar surface area (TPSA) is 43.9 Å². The Morgan fingerprint density at radius 1 is 1.00 bits per heavy atom. The van der Waals surface area contributed by atoms with Crippen LogP contribution in [0.15, 0.2) is 24.3 Å². The van der Waals surface area contributed by atoms with Crippen LogP contribution in [0.2, 0.25) is 0 Å². The largest absolute Gasteiger partial charge is 0.416 e. The number of rotatable bonds is 6. The number of amides is 2. The number of hydrogen-bond acceptors (Lipinski definition) is 3. The summed E-state index contributed by atoms with van der Waals surface area (Å²) >= 11 is 0. The maximum atomic E-state index is 13.3. The Hall–Kier alpha value is -2.09. The first-order valence-electron chi connectivity index (χ1n) is 11.3. The number of nitrogens with zero attached hydrogens (tertiary/aromatic N) is 3. The number of piperazine rings is 1. The van der Waals surface area contributed by atoms with Gasteiger partial charge in [0.2, 0.25) is 5.91 Å². The van der Waals surface area contributed by atoms with Crippen molar-refractivity contribution in [3.63, 3.8) is 0 Å². The van der Waals surface area contributed by atoms with Gasteiger partial charge in [0.05, 0.1) is 11.6 Å². The van der Waals surface area contributed by atoms with Crippen LogP contribution in [0.4, 0.5) is 13.2 Å². The Balaban J connectivity index is 1.66. The molecule has 8 heteroatoms. The molecule has 2 fully saturated rings. The number of benzene rings is 1. The molecule has 5 nitrogen and oxygen atoms in total. The lowest BCUT2D eigenvalue weighted by Crippen LogP contribution is -2.58. The molecule has 3 rings (SSSR count). The maximum Gasteiger partial charge on any atom is 0.416 e. The predicted molar refractivity (Wildman–Crippen MR) is 113 cm³/mol. The van der Waals surface area contributed by atoms with Gasteiger partial charge >= 0.3 is 6.18 Å². The first kappa shape index (κ1) is 23.6. The van der Waals surface area contributed by atoms with Crippen molar-refractivity contribution in [3.05, 3.63) is 35.4 Å². The lowest BCUT2D eigenvalue weighted by atomic mass is 9.94. The van der Waals surface area contributed by atoms with E-state index in [1.54, 1.807) is 4.90 Å². The second-order valence-electron chi connectivity index (χ2n) is 8.40. The summed E-state index contributed by atoms with van der Waals surface area (Å²) < 4.78 is 38.3. The van der Waals surface area contributed by atoms with Crippen LogP contribution in [-0.2, 0) is 11.0 Å². The second-order valence-corrected chi connectivity index (χ2v) is 8.40. The Kier molecular flexibility index (Phi) is 7.62. The molecule has 1 atom stereocenters. The van der Waals surface area contributed by atoms with Crippen molar-refractivity contribution in [1.82, 2.24) is 14.7 Å². The van der Waals surface area contributed by atoms with Crippen molar-refractivity contribution in [2.75, 3.05) is 39.3 Å². The summed E-state index contributed by atoms with van der Waals surface area (Å²) in [5.41, 5.74) is -0.504. The van der Waals surface area contributed by atoms with E-state index >= 15 is 0 Å². The fraction of sp³-hybridized carbons (Fsp3) is 0.652. The summed E-state index contributed by atoms with van der Waals surface area (Å²) in [6.07, 6.45) is 0.00272. The van der Waals surface area contributed by atoms with Crippen molar-refractivity contribution in [1.29, 1.82) is 0 Å². The highest BCUT2D eigenvalue weighted by molar-refractivity contribution is 5.94. The standard InChI is InChI=1S/C23H32F3N3O2/c1-3-27(4-2)22(31)20(17-7-5-6-8-17)28-13-15-29(16-14-28)21(30)18-9-11-19(12-10-18)23(24,25)26/h9-12,17,20H,3-8,13-16H2,1-2H3. The molecule has 0 spiro atoms. The zero-order valence-electron chi connectivity index (χ0n) is 18.3. The van der Waals surface area contributed by atoms with Gasteiger partial charge in [-0.15, -0.1) is 0 Å². The van der Waals surface area contributed by atoms with E-state index in [4.69, 9.17) is 0 Å². The van der Waals surface area contributed by atoms with Crippen LogP contribution in [-0.4, -0.2) is 71.8 Å². The Morgan fingerprint density at radius 2 is 1.55 bits per heavy atom. The molecule has 1 aromatic carbocycles. The van der Waals surface area contributed by atoms with Gasteiger partial charge in [-0.25, -0.2) is 0 Å². The van der Waals surface area contributed by atoms with Crippen LogP contribution in [0.25, 0.3) is 0 Å². The van der Waals surface area contributed by atoms with Gasteiger partial charge in [-0.2, -0.15) is 13.2 Å². The summed E-state index contributed by atoms with van der Waals surface area (Å²) in [6.45, 7) is 7.49. The average Bonchev–Trinajstić information content (AvgIpc) is 3.28. The lowest BCUT2D eigenvalue weighted by Gasteiger charge is -2.42. The van der Waals surface area contributed by atoms with Gasteiger partial charge < -0.3 is 9.80 Å². The number of carbonyl (C=O) groups is 2. The molecule has 1 unspecified atom stereocenters. The van der Waals surface area contributed by atoms with Crippen LogP contribution in [0.3, 0.4) is 0 Å². The Morgan fingerprint density at radius 3 is 2.03 bits per heavy atom. The molecule has 0 bridgehead atoms. The van der Waals surface area contributed by atoms with Gasteiger partial charge in [0.15, 0.2) is 0 Å². The van der Waals surface area contributed by atoms with E-state index in [0.29, 0.717) is 45.2 Å². The van der Waals surface area contributed by atoms with Gasteiger partial charge in [0.25, 0.3) is 5.91 Å². The first-order chi connectivity index (χ1) is 14.8. The van der Waals surface area contributed by atoms with E-state index in [0.717, 1.165) is 37.8 Å². The van der Waals surface area contributed by atoms with Crippen LogP contribution in [0, 0.1) is 5.92 Å². The number of likely N-dealkylation sites (N-methyl/N-ethyl adjacent to an activating group) is 1. The summed E-state index contributed by atoms with van der Waals surface area (Å²) in [6, 6.07) is 4.22. The van der Waals surface area contributed by atoms with Crippen LogP contribution < -0.4 is 0 Å². The molecule has 0 radical (unpaired) electrons. The maximum absolute atomic E-state index is 13.3. The molecule has 1 saturated carbocycles. The van der Waals surface area contributed by atoms with Gasteiger partial charge in [0, 0.05) is 44.8 Å². The normalized spacial score (nSPS) is 19.5. The zero-order valence-corrected chi connectivity index (χ0v) is 18.3. The molecule has 31 heavy (non-hydrogen) atoms. The van der Waals surface area contributed by atoms with Gasteiger partial charge in [-0.05, 0) is 56.9 Å². The van der Waals surface area contributed by atoms with E-state index in [9.17, 15) is 22.8 Å². The molecule has 2 aliphatic rings. The fourth-order valence-electron chi connectivity index (χ4n) is 4.84. The second kappa shape index (κ2) is 10.0.